The van der Waals surface area contributed by atoms with Crippen LogP contribution < -0.4 is 10.6 Å². The minimum absolute atomic E-state index is 0.718. The Hall–Kier alpha value is -0.450. The van der Waals surface area contributed by atoms with Crippen molar-refractivity contribution in [2.45, 2.75) is 32.6 Å². The third-order valence-electron chi connectivity index (χ3n) is 4.57. The molecule has 2 heterocycles. The zero-order chi connectivity index (χ0) is 12.4. The van der Waals surface area contributed by atoms with Crippen LogP contribution in [0.15, 0.2) is 5.38 Å². The third kappa shape index (κ3) is 2.76. The fraction of sp³-hybridized carbons (Fsp3) is 0.786. The van der Waals surface area contributed by atoms with E-state index in [9.17, 15) is 0 Å². The highest BCUT2D eigenvalue weighted by Crippen LogP contribution is 2.58. The zero-order valence-corrected chi connectivity index (χ0v) is 12.0. The van der Waals surface area contributed by atoms with Gasteiger partial charge in [0.25, 0.3) is 0 Å². The lowest BCUT2D eigenvalue weighted by Crippen LogP contribution is -2.31. The summed E-state index contributed by atoms with van der Waals surface area (Å²) in [6.45, 7) is 6.83. The zero-order valence-electron chi connectivity index (χ0n) is 11.2. The summed E-state index contributed by atoms with van der Waals surface area (Å²) in [6.07, 6.45) is 5.32. The van der Waals surface area contributed by atoms with Gasteiger partial charge in [-0.2, -0.15) is 0 Å². The molecule has 1 saturated carbocycles. The minimum atomic E-state index is 0.718. The lowest BCUT2D eigenvalue weighted by Gasteiger charge is -2.23. The van der Waals surface area contributed by atoms with Crippen LogP contribution in [-0.4, -0.2) is 31.2 Å². The minimum Gasteiger partial charge on any atom is -0.317 e. The predicted molar refractivity (Wildman–Crippen MR) is 76.1 cm³/mol. The molecule has 1 unspecified atom stereocenters. The molecule has 18 heavy (non-hydrogen) atoms. The van der Waals surface area contributed by atoms with Crippen LogP contribution in [0.2, 0.25) is 0 Å². The molecule has 2 fully saturated rings. The molecule has 1 aromatic rings. The molecule has 1 spiro atoms. The van der Waals surface area contributed by atoms with Crippen LogP contribution in [0.5, 0.6) is 0 Å². The Morgan fingerprint density at radius 2 is 2.33 bits per heavy atom. The van der Waals surface area contributed by atoms with Gasteiger partial charge in [0.15, 0.2) is 0 Å². The van der Waals surface area contributed by atoms with E-state index in [4.69, 9.17) is 0 Å². The second-order valence-electron chi connectivity index (χ2n) is 5.83. The van der Waals surface area contributed by atoms with Gasteiger partial charge in [-0.3, -0.25) is 0 Å². The van der Waals surface area contributed by atoms with E-state index in [-0.39, 0.29) is 0 Å². The van der Waals surface area contributed by atoms with Crippen LogP contribution in [0, 0.1) is 18.3 Å². The third-order valence-corrected chi connectivity index (χ3v) is 5.40. The molecule has 2 aliphatic rings. The van der Waals surface area contributed by atoms with Crippen LogP contribution in [0.4, 0.5) is 0 Å². The second-order valence-corrected chi connectivity index (χ2v) is 6.89. The molecule has 1 aliphatic carbocycles. The number of thiazole rings is 1. The smallest absolute Gasteiger partial charge is 0.0897 e. The van der Waals surface area contributed by atoms with Crippen molar-refractivity contribution in [3.63, 3.8) is 0 Å². The summed E-state index contributed by atoms with van der Waals surface area (Å²) in [6, 6.07) is 0. The first-order valence-corrected chi connectivity index (χ1v) is 7.99. The Morgan fingerprint density at radius 3 is 3.06 bits per heavy atom. The van der Waals surface area contributed by atoms with Crippen LogP contribution >= 0.6 is 11.3 Å². The van der Waals surface area contributed by atoms with Crippen molar-refractivity contribution in [1.82, 2.24) is 15.6 Å². The maximum absolute atomic E-state index is 4.50. The molecule has 1 saturated heterocycles. The summed E-state index contributed by atoms with van der Waals surface area (Å²) >= 11 is 1.75. The molecule has 100 valence electrons. The van der Waals surface area contributed by atoms with Crippen LogP contribution in [0.1, 0.15) is 30.0 Å². The normalized spacial score (nSPS) is 25.5. The molecule has 1 atom stereocenters. The summed E-state index contributed by atoms with van der Waals surface area (Å²) in [5, 5.41) is 10.4. The van der Waals surface area contributed by atoms with E-state index in [1.165, 1.54) is 49.6 Å². The molecule has 1 aliphatic heterocycles. The molecular weight excluding hydrogens is 242 g/mol. The maximum atomic E-state index is 4.50. The summed E-state index contributed by atoms with van der Waals surface area (Å²) in [5.74, 6) is 0.941. The second kappa shape index (κ2) is 5.27. The van der Waals surface area contributed by atoms with Gasteiger partial charge in [0, 0.05) is 18.3 Å². The molecule has 3 nitrogen and oxygen atoms in total. The quantitative estimate of drug-likeness (QED) is 0.799. The topological polar surface area (TPSA) is 37.0 Å². The van der Waals surface area contributed by atoms with E-state index in [2.05, 4.69) is 27.9 Å². The first kappa shape index (κ1) is 12.6. The monoisotopic (exact) mass is 265 g/mol. The Bertz CT molecular complexity index is 395. The number of hydrogen-bond donors (Lipinski definition) is 2. The summed E-state index contributed by atoms with van der Waals surface area (Å²) in [4.78, 5) is 4.50. The fourth-order valence-corrected chi connectivity index (χ4v) is 3.92. The van der Waals surface area contributed by atoms with Crippen LogP contribution in [0.3, 0.4) is 0 Å². The number of hydrogen-bond acceptors (Lipinski definition) is 4. The van der Waals surface area contributed by atoms with Crippen molar-refractivity contribution in [2.75, 3.05) is 26.2 Å². The van der Waals surface area contributed by atoms with Gasteiger partial charge in [-0.05, 0) is 57.2 Å². The Morgan fingerprint density at radius 1 is 1.50 bits per heavy atom. The SMILES string of the molecule is Cc1nc(CCNCC2CC23CCNCC3)cs1. The maximum Gasteiger partial charge on any atom is 0.0897 e. The van der Waals surface area contributed by atoms with Crippen molar-refractivity contribution in [3.05, 3.63) is 16.1 Å². The van der Waals surface area contributed by atoms with Crippen molar-refractivity contribution < 1.29 is 0 Å². The van der Waals surface area contributed by atoms with Gasteiger partial charge in [0.2, 0.25) is 0 Å². The molecule has 0 radical (unpaired) electrons. The highest BCUT2D eigenvalue weighted by Gasteiger charge is 2.52. The van der Waals surface area contributed by atoms with Crippen molar-refractivity contribution >= 4 is 11.3 Å². The van der Waals surface area contributed by atoms with E-state index in [0.29, 0.717) is 0 Å². The van der Waals surface area contributed by atoms with E-state index in [0.717, 1.165) is 24.3 Å². The average Bonchev–Trinajstić information content (AvgIpc) is 2.84. The van der Waals surface area contributed by atoms with Crippen molar-refractivity contribution in [1.29, 1.82) is 0 Å². The number of aryl methyl sites for hydroxylation is 1. The van der Waals surface area contributed by atoms with Crippen molar-refractivity contribution in [3.8, 4) is 0 Å². The number of piperidine rings is 1. The fourth-order valence-electron chi connectivity index (χ4n) is 3.27. The summed E-state index contributed by atoms with van der Waals surface area (Å²) < 4.78 is 0. The lowest BCUT2D eigenvalue weighted by molar-refractivity contribution is 0.319. The van der Waals surface area contributed by atoms with Crippen LogP contribution in [0.25, 0.3) is 0 Å². The van der Waals surface area contributed by atoms with Gasteiger partial charge in [-0.25, -0.2) is 4.98 Å². The van der Waals surface area contributed by atoms with E-state index >= 15 is 0 Å². The van der Waals surface area contributed by atoms with Gasteiger partial charge in [0.1, 0.15) is 0 Å². The highest BCUT2D eigenvalue weighted by molar-refractivity contribution is 7.09. The molecule has 0 aromatic carbocycles. The molecule has 4 heteroatoms. The van der Waals surface area contributed by atoms with E-state index < -0.39 is 0 Å². The van der Waals surface area contributed by atoms with Crippen LogP contribution in [-0.2, 0) is 6.42 Å². The van der Waals surface area contributed by atoms with Gasteiger partial charge in [0.05, 0.1) is 10.7 Å². The summed E-state index contributed by atoms with van der Waals surface area (Å²) in [5.41, 5.74) is 1.97. The number of nitrogens with one attached hydrogen (secondary N) is 2. The number of rotatable bonds is 5. The van der Waals surface area contributed by atoms with Crippen molar-refractivity contribution in [2.24, 2.45) is 11.3 Å². The Kier molecular flexibility index (Phi) is 3.68. The number of aromatic nitrogens is 1. The molecule has 3 rings (SSSR count). The van der Waals surface area contributed by atoms with Gasteiger partial charge in [-0.1, -0.05) is 0 Å². The Labute approximate surface area is 113 Å². The van der Waals surface area contributed by atoms with E-state index in [1.54, 1.807) is 11.3 Å². The highest BCUT2D eigenvalue weighted by atomic mass is 32.1. The van der Waals surface area contributed by atoms with Gasteiger partial charge < -0.3 is 10.6 Å². The predicted octanol–water partition coefficient (Wildman–Crippen LogP) is 1.97. The molecular formula is C14H23N3S. The number of nitrogens with zero attached hydrogens (tertiary/aromatic N) is 1. The van der Waals surface area contributed by atoms with E-state index in [1.807, 2.05) is 0 Å². The molecule has 0 bridgehead atoms. The first-order chi connectivity index (χ1) is 8.78. The summed E-state index contributed by atoms with van der Waals surface area (Å²) in [7, 11) is 0. The largest absolute Gasteiger partial charge is 0.317 e. The average molecular weight is 265 g/mol. The first-order valence-electron chi connectivity index (χ1n) is 7.11. The standard InChI is InChI=1S/C14H23N3S/c1-11-17-13(10-18-11)2-5-16-9-12-8-14(12)3-6-15-7-4-14/h10,12,15-16H,2-9H2,1H3. The van der Waals surface area contributed by atoms with Gasteiger partial charge in [-0.15, -0.1) is 11.3 Å². The molecule has 1 aromatic heterocycles. The lowest BCUT2D eigenvalue weighted by atomic mass is 9.92. The molecule has 2 N–H and O–H groups in total. The van der Waals surface area contributed by atoms with Gasteiger partial charge >= 0.3 is 0 Å². The Balaban J connectivity index is 1.34. The molecule has 0 amide bonds.